The molecule has 0 saturated heterocycles. The largest absolute Gasteiger partial charge is 0.292 e. The summed E-state index contributed by atoms with van der Waals surface area (Å²) in [5.74, 6) is 1.84. The van der Waals surface area contributed by atoms with Gasteiger partial charge in [-0.05, 0) is 127 Å². The average molecular weight is 867 g/mol. The normalized spacial score (nSPS) is 11.5. The molecule has 0 radical (unpaired) electrons. The molecule has 0 fully saturated rings. The van der Waals surface area contributed by atoms with E-state index in [1.165, 1.54) is 54.9 Å². The first kappa shape index (κ1) is 39.3. The molecule has 0 aliphatic rings. The molecule has 2 heterocycles. The van der Waals surface area contributed by atoms with Crippen LogP contribution in [0.3, 0.4) is 0 Å². The fraction of sp³-hybridized carbons (Fsp3) is 0. The van der Waals surface area contributed by atoms with Crippen molar-refractivity contribution < 1.29 is 0 Å². The summed E-state index contributed by atoms with van der Waals surface area (Å²) >= 11 is 0. The van der Waals surface area contributed by atoms with Crippen molar-refractivity contribution in [3.8, 4) is 78.7 Å². The van der Waals surface area contributed by atoms with E-state index >= 15 is 0 Å². The summed E-state index contributed by atoms with van der Waals surface area (Å²) in [7, 11) is 0. The number of rotatable bonds is 8. The molecular formula is C64H42N4. The Bertz CT molecular complexity index is 3700. The summed E-state index contributed by atoms with van der Waals surface area (Å²) in [6.45, 7) is 0. The number of hydrogen-bond donors (Lipinski definition) is 0. The molecule has 2 aromatic heterocycles. The monoisotopic (exact) mass is 866 g/mol. The van der Waals surface area contributed by atoms with Gasteiger partial charge < -0.3 is 0 Å². The third-order valence-corrected chi connectivity index (χ3v) is 13.3. The lowest BCUT2D eigenvalue weighted by Crippen LogP contribution is -1.98. The van der Waals surface area contributed by atoms with Crippen LogP contribution in [-0.4, -0.2) is 19.1 Å². The van der Waals surface area contributed by atoms with Gasteiger partial charge in [-0.2, -0.15) is 0 Å². The van der Waals surface area contributed by atoms with Gasteiger partial charge >= 0.3 is 0 Å². The van der Waals surface area contributed by atoms with Crippen LogP contribution < -0.4 is 0 Å². The van der Waals surface area contributed by atoms with Crippen molar-refractivity contribution in [2.24, 2.45) is 0 Å². The van der Waals surface area contributed by atoms with Crippen LogP contribution in [0.2, 0.25) is 0 Å². The smallest absolute Gasteiger partial charge is 0.145 e. The van der Waals surface area contributed by atoms with E-state index in [4.69, 9.17) is 9.97 Å². The van der Waals surface area contributed by atoms with Crippen molar-refractivity contribution in [1.82, 2.24) is 19.1 Å². The van der Waals surface area contributed by atoms with E-state index in [0.717, 1.165) is 67.3 Å². The zero-order valence-corrected chi connectivity index (χ0v) is 37.0. The number of hydrogen-bond acceptors (Lipinski definition) is 2. The Labute approximate surface area is 394 Å². The van der Waals surface area contributed by atoms with Crippen LogP contribution in [-0.2, 0) is 0 Å². The van der Waals surface area contributed by atoms with Gasteiger partial charge in [-0.3, -0.25) is 9.13 Å². The first-order valence-corrected chi connectivity index (χ1v) is 23.2. The van der Waals surface area contributed by atoms with E-state index in [9.17, 15) is 0 Å². The topological polar surface area (TPSA) is 35.6 Å². The molecule has 0 atom stereocenters. The van der Waals surface area contributed by atoms with Gasteiger partial charge in [0.1, 0.15) is 11.6 Å². The molecule has 13 aromatic rings. The minimum atomic E-state index is 0.921. The van der Waals surface area contributed by atoms with Gasteiger partial charge in [-0.15, -0.1) is 0 Å². The zero-order chi connectivity index (χ0) is 45.0. The minimum Gasteiger partial charge on any atom is -0.292 e. The number of aromatic nitrogens is 4. The highest BCUT2D eigenvalue weighted by Crippen LogP contribution is 2.47. The van der Waals surface area contributed by atoms with Crippen molar-refractivity contribution >= 4 is 43.6 Å². The summed E-state index contributed by atoms with van der Waals surface area (Å²) in [5, 5.41) is 4.78. The Kier molecular flexibility index (Phi) is 9.47. The van der Waals surface area contributed by atoms with Crippen LogP contribution in [0.15, 0.2) is 255 Å². The molecule has 0 N–H and O–H groups in total. The molecule has 0 bridgehead atoms. The van der Waals surface area contributed by atoms with Gasteiger partial charge in [0.2, 0.25) is 0 Å². The van der Waals surface area contributed by atoms with Crippen LogP contribution in [0.1, 0.15) is 0 Å². The first-order chi connectivity index (χ1) is 33.7. The third-order valence-electron chi connectivity index (χ3n) is 13.3. The van der Waals surface area contributed by atoms with Crippen LogP contribution in [0, 0.1) is 0 Å². The summed E-state index contributed by atoms with van der Waals surface area (Å²) in [6.07, 6.45) is 0. The second-order valence-corrected chi connectivity index (χ2v) is 17.3. The van der Waals surface area contributed by atoms with Crippen LogP contribution in [0.5, 0.6) is 0 Å². The highest BCUT2D eigenvalue weighted by Gasteiger charge is 2.21. The second kappa shape index (κ2) is 16.4. The third kappa shape index (κ3) is 6.69. The van der Waals surface area contributed by atoms with Gasteiger partial charge in [-0.25, -0.2) is 9.97 Å². The molecule has 68 heavy (non-hydrogen) atoms. The Morgan fingerprint density at radius 2 is 0.559 bits per heavy atom. The molecular weight excluding hydrogens is 825 g/mol. The van der Waals surface area contributed by atoms with Crippen molar-refractivity contribution in [2.45, 2.75) is 0 Å². The van der Waals surface area contributed by atoms with Crippen molar-refractivity contribution in [3.05, 3.63) is 255 Å². The van der Waals surface area contributed by atoms with Gasteiger partial charge in [0, 0.05) is 22.5 Å². The summed E-state index contributed by atoms with van der Waals surface area (Å²) < 4.78 is 4.57. The first-order valence-electron chi connectivity index (χ1n) is 23.2. The summed E-state index contributed by atoms with van der Waals surface area (Å²) in [5.41, 5.74) is 17.8. The standard InChI is InChI=1S/C64H42N4/c1-5-17-43(18-6-1)49-33-39-53-55(41-49)61(45-29-35-51(36-30-45)67-59-27-15-13-25-57(59)65-63(67)47-21-9-3-10-22-47)54-40-34-50(44-19-7-2-8-20-44)42-56(54)62(53)46-31-37-52(38-32-46)68-60-28-16-14-26-58(60)66-64(68)48-23-11-4-12-24-48/h1-42H. The van der Waals surface area contributed by atoms with Gasteiger partial charge in [-0.1, -0.05) is 194 Å². The van der Waals surface area contributed by atoms with Crippen molar-refractivity contribution in [2.75, 3.05) is 0 Å². The minimum absolute atomic E-state index is 0.921. The molecule has 0 aliphatic carbocycles. The Morgan fingerprint density at radius 1 is 0.235 bits per heavy atom. The molecule has 13 rings (SSSR count). The number of fused-ring (bicyclic) bond motifs is 4. The molecule has 11 aromatic carbocycles. The lowest BCUT2D eigenvalue weighted by atomic mass is 9.84. The van der Waals surface area contributed by atoms with E-state index in [1.54, 1.807) is 0 Å². The number of imidazole rings is 2. The van der Waals surface area contributed by atoms with E-state index in [0.29, 0.717) is 0 Å². The lowest BCUT2D eigenvalue weighted by Gasteiger charge is -2.20. The maximum Gasteiger partial charge on any atom is 0.145 e. The molecule has 4 nitrogen and oxygen atoms in total. The van der Waals surface area contributed by atoms with Crippen molar-refractivity contribution in [3.63, 3.8) is 0 Å². The molecule has 0 unspecified atom stereocenters. The summed E-state index contributed by atoms with van der Waals surface area (Å²) in [6, 6.07) is 91.4. The van der Waals surface area contributed by atoms with Crippen LogP contribution in [0.25, 0.3) is 122 Å². The SMILES string of the molecule is c1ccc(-c2ccc3c(-c4ccc(-n5c(-c6ccccc6)nc6ccccc65)cc4)c4cc(-c5ccccc5)ccc4c(-c4ccc(-n5c(-c6ccccc6)nc6ccccc65)cc4)c3c2)cc1. The van der Waals surface area contributed by atoms with Gasteiger partial charge in [0.05, 0.1) is 22.1 Å². The lowest BCUT2D eigenvalue weighted by molar-refractivity contribution is 1.10. The van der Waals surface area contributed by atoms with Gasteiger partial charge in [0.15, 0.2) is 0 Å². The maximum absolute atomic E-state index is 5.14. The Balaban J connectivity index is 1.04. The molecule has 0 aliphatic heterocycles. The fourth-order valence-corrected chi connectivity index (χ4v) is 10.2. The van der Waals surface area contributed by atoms with Crippen LogP contribution in [0.4, 0.5) is 0 Å². The molecule has 4 heteroatoms. The highest BCUT2D eigenvalue weighted by molar-refractivity contribution is 6.22. The molecule has 0 amide bonds. The average Bonchev–Trinajstić information content (AvgIpc) is 4.01. The Hall–Kier alpha value is -9.12. The predicted octanol–water partition coefficient (Wildman–Crippen LogP) is 16.7. The molecule has 318 valence electrons. The molecule has 0 saturated carbocycles. The quantitative estimate of drug-likeness (QED) is 0.143. The zero-order valence-electron chi connectivity index (χ0n) is 37.0. The second-order valence-electron chi connectivity index (χ2n) is 17.3. The predicted molar refractivity (Wildman–Crippen MR) is 283 cm³/mol. The maximum atomic E-state index is 5.14. The number of nitrogens with zero attached hydrogens (tertiary/aromatic N) is 4. The fourth-order valence-electron chi connectivity index (χ4n) is 10.2. The number of benzene rings is 11. The van der Waals surface area contributed by atoms with E-state index in [2.05, 4.69) is 264 Å². The van der Waals surface area contributed by atoms with E-state index in [-0.39, 0.29) is 0 Å². The van der Waals surface area contributed by atoms with E-state index in [1.807, 2.05) is 0 Å². The highest BCUT2D eigenvalue weighted by atomic mass is 15.1. The molecule has 0 spiro atoms. The number of para-hydroxylation sites is 4. The van der Waals surface area contributed by atoms with Crippen LogP contribution >= 0.6 is 0 Å². The van der Waals surface area contributed by atoms with Crippen molar-refractivity contribution in [1.29, 1.82) is 0 Å². The summed E-state index contributed by atoms with van der Waals surface area (Å²) in [4.78, 5) is 10.3. The van der Waals surface area contributed by atoms with E-state index < -0.39 is 0 Å². The van der Waals surface area contributed by atoms with Gasteiger partial charge in [0.25, 0.3) is 0 Å². The Morgan fingerprint density at radius 3 is 0.941 bits per heavy atom.